The molecule has 6 heteroatoms. The molecule has 0 radical (unpaired) electrons. The molecule has 0 spiro atoms. The first-order valence-corrected chi connectivity index (χ1v) is 15.4. The Morgan fingerprint density at radius 2 is 0.854 bits per heavy atom. The van der Waals surface area contributed by atoms with Crippen molar-refractivity contribution in [2.45, 2.75) is 138 Å². The van der Waals surface area contributed by atoms with Crippen LogP contribution in [0.3, 0.4) is 0 Å². The standard InChI is InChI=1S/2C17H27NO2.CH4/c2*1-3-4-5-6-7-8-9-10-15-11-14(2)17(19)16(12-15)13-18-20;/h2*11-13,19-20H,3-10H2,1-2H3;1H4/b2*18-13-;. The van der Waals surface area contributed by atoms with E-state index in [9.17, 15) is 10.2 Å². The van der Waals surface area contributed by atoms with Crippen LogP contribution in [-0.4, -0.2) is 33.1 Å². The molecule has 0 amide bonds. The Kier molecular flexibility index (Phi) is 21.9. The zero-order valence-electron chi connectivity index (χ0n) is 25.5. The zero-order chi connectivity index (χ0) is 29.6. The van der Waals surface area contributed by atoms with Gasteiger partial charge in [0.15, 0.2) is 0 Å². The van der Waals surface area contributed by atoms with E-state index in [1.165, 1.54) is 113 Å². The highest BCUT2D eigenvalue weighted by atomic mass is 16.4. The zero-order valence-corrected chi connectivity index (χ0v) is 25.5. The van der Waals surface area contributed by atoms with Crippen LogP contribution in [0, 0.1) is 13.8 Å². The molecule has 0 aliphatic heterocycles. The maximum absolute atomic E-state index is 9.84. The van der Waals surface area contributed by atoms with Crippen molar-refractivity contribution in [2.24, 2.45) is 10.3 Å². The Bertz CT molecular complexity index is 936. The van der Waals surface area contributed by atoms with E-state index in [1.807, 2.05) is 38.1 Å². The van der Waals surface area contributed by atoms with Crippen molar-refractivity contribution >= 4 is 12.4 Å². The Balaban J connectivity index is 0.000000762. The molecule has 2 aromatic carbocycles. The van der Waals surface area contributed by atoms with Crippen LogP contribution in [-0.2, 0) is 12.8 Å². The molecule has 0 aliphatic rings. The van der Waals surface area contributed by atoms with Crippen LogP contribution >= 0.6 is 0 Å². The Morgan fingerprint density at radius 1 is 0.537 bits per heavy atom. The van der Waals surface area contributed by atoms with Gasteiger partial charge in [0.05, 0.1) is 12.4 Å². The van der Waals surface area contributed by atoms with Crippen molar-refractivity contribution < 1.29 is 20.6 Å². The van der Waals surface area contributed by atoms with Gasteiger partial charge < -0.3 is 20.6 Å². The van der Waals surface area contributed by atoms with Crippen molar-refractivity contribution in [2.75, 3.05) is 0 Å². The molecule has 41 heavy (non-hydrogen) atoms. The Labute approximate surface area is 250 Å². The van der Waals surface area contributed by atoms with Gasteiger partial charge in [-0.05, 0) is 73.9 Å². The fraction of sp³-hybridized carbons (Fsp3) is 0.600. The number of hydrogen-bond acceptors (Lipinski definition) is 6. The van der Waals surface area contributed by atoms with Gasteiger partial charge in [0.1, 0.15) is 11.5 Å². The van der Waals surface area contributed by atoms with Gasteiger partial charge in [0.25, 0.3) is 0 Å². The van der Waals surface area contributed by atoms with Gasteiger partial charge in [-0.15, -0.1) is 0 Å². The maximum Gasteiger partial charge on any atom is 0.127 e. The third-order valence-corrected chi connectivity index (χ3v) is 7.31. The number of nitrogens with zero attached hydrogens (tertiary/aromatic N) is 2. The first-order chi connectivity index (χ1) is 19.4. The number of phenolic OH excluding ortho intramolecular Hbond substituents is 2. The molecule has 0 heterocycles. The van der Waals surface area contributed by atoms with Crippen molar-refractivity contribution in [1.82, 2.24) is 0 Å². The van der Waals surface area contributed by atoms with Gasteiger partial charge in [-0.1, -0.05) is 121 Å². The summed E-state index contributed by atoms with van der Waals surface area (Å²) in [7, 11) is 0. The van der Waals surface area contributed by atoms with E-state index >= 15 is 0 Å². The van der Waals surface area contributed by atoms with Crippen LogP contribution in [0.2, 0.25) is 0 Å². The molecule has 2 aromatic rings. The monoisotopic (exact) mass is 570 g/mol. The highest BCUT2D eigenvalue weighted by Crippen LogP contribution is 2.25. The van der Waals surface area contributed by atoms with Crippen LogP contribution in [0.25, 0.3) is 0 Å². The SMILES string of the molecule is C.CCCCCCCCCc1cc(C)c(O)c(/C=N\O)c1.CCCCCCCCCc1cc(C)c(O)c(/C=N\O)c1. The quantitative estimate of drug-likeness (QED) is 0.0619. The number of aromatic hydroxyl groups is 2. The molecule has 232 valence electrons. The number of benzene rings is 2. The predicted octanol–water partition coefficient (Wildman–Crippen LogP) is 10.2. The van der Waals surface area contributed by atoms with Gasteiger partial charge >= 0.3 is 0 Å². The van der Waals surface area contributed by atoms with E-state index in [0.717, 1.165) is 24.0 Å². The maximum atomic E-state index is 9.84. The molecule has 0 unspecified atom stereocenters. The van der Waals surface area contributed by atoms with Gasteiger partial charge in [-0.25, -0.2) is 0 Å². The summed E-state index contributed by atoms with van der Waals surface area (Å²) in [5.74, 6) is 0.400. The predicted molar refractivity (Wildman–Crippen MR) is 175 cm³/mol. The van der Waals surface area contributed by atoms with Crippen molar-refractivity contribution in [3.63, 3.8) is 0 Å². The number of unbranched alkanes of at least 4 members (excludes halogenated alkanes) is 12. The molecule has 0 fully saturated rings. The third-order valence-electron chi connectivity index (χ3n) is 7.31. The number of phenols is 2. The van der Waals surface area contributed by atoms with E-state index in [4.69, 9.17) is 10.4 Å². The number of aryl methyl sites for hydroxylation is 4. The first-order valence-electron chi connectivity index (χ1n) is 15.4. The molecular weight excluding hydrogens is 512 g/mol. The van der Waals surface area contributed by atoms with Crippen LogP contribution in [0.5, 0.6) is 11.5 Å². The second kappa shape index (κ2) is 23.7. The van der Waals surface area contributed by atoms with Crippen LogP contribution in [0.15, 0.2) is 34.6 Å². The fourth-order valence-corrected chi connectivity index (χ4v) is 4.95. The van der Waals surface area contributed by atoms with E-state index in [-0.39, 0.29) is 18.9 Å². The highest BCUT2D eigenvalue weighted by molar-refractivity contribution is 5.84. The lowest BCUT2D eigenvalue weighted by atomic mass is 10.00. The summed E-state index contributed by atoms with van der Waals surface area (Å²) in [4.78, 5) is 0. The fourth-order valence-electron chi connectivity index (χ4n) is 4.95. The van der Waals surface area contributed by atoms with Gasteiger partial charge in [0, 0.05) is 11.1 Å². The molecule has 4 N–H and O–H groups in total. The summed E-state index contributed by atoms with van der Waals surface area (Å²) in [5.41, 5.74) is 5.24. The number of oxime groups is 2. The lowest BCUT2D eigenvalue weighted by Crippen LogP contribution is -1.93. The summed E-state index contributed by atoms with van der Waals surface area (Å²) < 4.78 is 0. The van der Waals surface area contributed by atoms with Crippen molar-refractivity contribution in [1.29, 1.82) is 0 Å². The van der Waals surface area contributed by atoms with Gasteiger partial charge in [0.2, 0.25) is 0 Å². The molecule has 0 saturated heterocycles. The van der Waals surface area contributed by atoms with Crippen molar-refractivity contribution in [3.8, 4) is 11.5 Å². The average molecular weight is 571 g/mol. The van der Waals surface area contributed by atoms with Crippen LogP contribution in [0.4, 0.5) is 0 Å². The van der Waals surface area contributed by atoms with Gasteiger partial charge in [-0.2, -0.15) is 0 Å². The smallest absolute Gasteiger partial charge is 0.127 e. The van der Waals surface area contributed by atoms with Crippen molar-refractivity contribution in [3.05, 3.63) is 57.6 Å². The molecule has 0 aromatic heterocycles. The highest BCUT2D eigenvalue weighted by Gasteiger charge is 2.07. The summed E-state index contributed by atoms with van der Waals surface area (Å²) in [6.07, 6.45) is 22.7. The second-order valence-corrected chi connectivity index (χ2v) is 10.9. The second-order valence-electron chi connectivity index (χ2n) is 10.9. The molecule has 0 atom stereocenters. The Morgan fingerprint density at radius 3 is 1.17 bits per heavy atom. The minimum atomic E-state index is 0. The molecule has 0 saturated carbocycles. The summed E-state index contributed by atoms with van der Waals surface area (Å²) >= 11 is 0. The van der Waals surface area contributed by atoms with E-state index in [0.29, 0.717) is 11.1 Å². The summed E-state index contributed by atoms with van der Waals surface area (Å²) in [5, 5.41) is 42.9. The molecular formula is C35H58N2O4. The normalized spacial score (nSPS) is 11.0. The molecule has 0 aliphatic carbocycles. The van der Waals surface area contributed by atoms with E-state index < -0.39 is 0 Å². The molecule has 0 bridgehead atoms. The van der Waals surface area contributed by atoms with E-state index in [1.54, 1.807) is 0 Å². The minimum Gasteiger partial charge on any atom is -0.507 e. The summed E-state index contributed by atoms with van der Waals surface area (Å²) in [6, 6.07) is 7.83. The van der Waals surface area contributed by atoms with Gasteiger partial charge in [-0.3, -0.25) is 0 Å². The molecule has 6 nitrogen and oxygen atoms in total. The first kappa shape index (κ1) is 38.0. The van der Waals surface area contributed by atoms with Crippen LogP contribution in [0.1, 0.15) is 145 Å². The lowest BCUT2D eigenvalue weighted by molar-refractivity contribution is 0.321. The lowest BCUT2D eigenvalue weighted by Gasteiger charge is -2.08. The van der Waals surface area contributed by atoms with E-state index in [2.05, 4.69) is 24.2 Å². The Hall–Kier alpha value is -3.02. The van der Waals surface area contributed by atoms with Crippen LogP contribution < -0.4 is 0 Å². The number of hydrogen-bond donors (Lipinski definition) is 4. The largest absolute Gasteiger partial charge is 0.507 e. The number of rotatable bonds is 18. The minimum absolute atomic E-state index is 0. The molecule has 2 rings (SSSR count). The average Bonchev–Trinajstić information content (AvgIpc) is 2.93. The third kappa shape index (κ3) is 16.1. The summed E-state index contributed by atoms with van der Waals surface area (Å²) in [6.45, 7) is 8.22. The topological polar surface area (TPSA) is 106 Å².